The molecule has 0 spiro atoms. The molecule has 1 N–H and O–H groups in total. The van der Waals surface area contributed by atoms with Gasteiger partial charge < -0.3 is 5.32 Å². The quantitative estimate of drug-likeness (QED) is 0.385. The minimum absolute atomic E-state index is 0.754. The van der Waals surface area contributed by atoms with Gasteiger partial charge in [0, 0.05) is 11.9 Å². The highest BCUT2D eigenvalue weighted by Crippen LogP contribution is 2.00. The Morgan fingerprint density at radius 1 is 1.20 bits per heavy atom. The third-order valence-corrected chi connectivity index (χ3v) is 1.85. The predicted octanol–water partition coefficient (Wildman–Crippen LogP) is 1.69. The second-order valence-corrected chi connectivity index (χ2v) is 2.97. The largest absolute Gasteiger partial charge is 0.359 e. The van der Waals surface area contributed by atoms with Gasteiger partial charge in [-0.05, 0) is 12.8 Å². The minimum Gasteiger partial charge on any atom is -0.359 e. The Morgan fingerprint density at radius 3 is 2.50 bits per heavy atom. The van der Waals surface area contributed by atoms with Crippen LogP contribution in [0.25, 0.3) is 0 Å². The molecule has 0 aromatic heterocycles. The zero-order chi connectivity index (χ0) is 7.66. The van der Waals surface area contributed by atoms with Crippen molar-refractivity contribution in [2.24, 2.45) is 0 Å². The summed E-state index contributed by atoms with van der Waals surface area (Å²) in [5, 5.41) is 3.72. The summed E-state index contributed by atoms with van der Waals surface area (Å²) in [7, 11) is 0. The van der Waals surface area contributed by atoms with E-state index in [0.717, 1.165) is 24.7 Å². The molecule has 0 saturated carbocycles. The molecule has 0 aromatic carbocycles. The maximum atomic E-state index is 9.78. The number of nitrogens with one attached hydrogen (secondary N) is 1. The van der Waals surface area contributed by atoms with E-state index in [4.69, 9.17) is 0 Å². The van der Waals surface area contributed by atoms with Crippen LogP contribution in [0.1, 0.15) is 25.7 Å². The van der Waals surface area contributed by atoms with Crippen LogP contribution in [0.2, 0.25) is 0 Å². The maximum absolute atomic E-state index is 9.78. The average molecular weight is 208 g/mol. The van der Waals surface area contributed by atoms with Crippen molar-refractivity contribution in [3.05, 3.63) is 0 Å². The fourth-order valence-corrected chi connectivity index (χ4v) is 1.13. The molecule has 0 aliphatic rings. The van der Waals surface area contributed by atoms with Gasteiger partial charge in [-0.1, -0.05) is 28.8 Å². The van der Waals surface area contributed by atoms with E-state index in [1.165, 1.54) is 19.3 Å². The van der Waals surface area contributed by atoms with Gasteiger partial charge in [0.15, 0.2) is 0 Å². The normalized spacial score (nSPS) is 9.30. The molecule has 0 aromatic rings. The van der Waals surface area contributed by atoms with Crippen LogP contribution in [0.15, 0.2) is 0 Å². The van der Waals surface area contributed by atoms with Crippen molar-refractivity contribution >= 4 is 22.3 Å². The molecule has 2 nitrogen and oxygen atoms in total. The lowest BCUT2D eigenvalue weighted by Gasteiger charge is -1.97. The molecular weight excluding hydrogens is 194 g/mol. The Bertz CT molecular complexity index is 78.0. The van der Waals surface area contributed by atoms with E-state index in [1.54, 1.807) is 0 Å². The first-order valence-corrected chi connectivity index (χ1v) is 4.77. The van der Waals surface area contributed by atoms with Crippen LogP contribution in [0.4, 0.5) is 0 Å². The number of carbonyl (C=O) groups is 1. The van der Waals surface area contributed by atoms with E-state index in [0.29, 0.717) is 0 Å². The zero-order valence-electron chi connectivity index (χ0n) is 6.11. The molecule has 0 heterocycles. The topological polar surface area (TPSA) is 29.1 Å². The van der Waals surface area contributed by atoms with Crippen LogP contribution in [-0.2, 0) is 4.79 Å². The number of halogens is 1. The molecule has 0 rings (SSSR count). The number of amides is 1. The average Bonchev–Trinajstić information content (AvgIpc) is 1.97. The van der Waals surface area contributed by atoms with Crippen LogP contribution >= 0.6 is 15.9 Å². The third-order valence-electron chi connectivity index (χ3n) is 1.29. The number of alkyl halides is 1. The van der Waals surface area contributed by atoms with Crippen molar-refractivity contribution in [3.8, 4) is 0 Å². The lowest BCUT2D eigenvalue weighted by atomic mass is 10.2. The first kappa shape index (κ1) is 9.95. The molecule has 1 amide bonds. The molecule has 0 saturated heterocycles. The lowest BCUT2D eigenvalue weighted by molar-refractivity contribution is -0.109. The summed E-state index contributed by atoms with van der Waals surface area (Å²) in [6.45, 7) is 0.825. The molecule has 0 bridgehead atoms. The highest BCUT2D eigenvalue weighted by Gasteiger charge is 1.86. The van der Waals surface area contributed by atoms with Gasteiger partial charge in [-0.2, -0.15) is 0 Å². The summed E-state index contributed by atoms with van der Waals surface area (Å²) in [5.41, 5.74) is 0. The van der Waals surface area contributed by atoms with E-state index in [-0.39, 0.29) is 0 Å². The Hall–Kier alpha value is -0.0500. The predicted molar refractivity (Wildman–Crippen MR) is 46.3 cm³/mol. The van der Waals surface area contributed by atoms with E-state index in [1.807, 2.05) is 0 Å². The van der Waals surface area contributed by atoms with Gasteiger partial charge in [-0.15, -0.1) is 0 Å². The van der Waals surface area contributed by atoms with Gasteiger partial charge in [0.05, 0.1) is 0 Å². The van der Waals surface area contributed by atoms with Crippen molar-refractivity contribution in [1.29, 1.82) is 0 Å². The SMILES string of the molecule is O=CNCCCCCCBr. The van der Waals surface area contributed by atoms with Gasteiger partial charge in [-0.3, -0.25) is 4.79 Å². The van der Waals surface area contributed by atoms with E-state index >= 15 is 0 Å². The van der Waals surface area contributed by atoms with Crippen LogP contribution in [-0.4, -0.2) is 18.3 Å². The second-order valence-electron chi connectivity index (χ2n) is 2.18. The second kappa shape index (κ2) is 8.95. The fourth-order valence-electron chi connectivity index (χ4n) is 0.734. The highest BCUT2D eigenvalue weighted by atomic mass is 79.9. The van der Waals surface area contributed by atoms with Gasteiger partial charge in [0.1, 0.15) is 0 Å². The van der Waals surface area contributed by atoms with Crippen LogP contribution in [0.5, 0.6) is 0 Å². The molecule has 10 heavy (non-hydrogen) atoms. The Morgan fingerprint density at radius 2 is 1.90 bits per heavy atom. The summed E-state index contributed by atoms with van der Waals surface area (Å²) in [5.74, 6) is 0. The molecule has 0 unspecified atom stereocenters. The highest BCUT2D eigenvalue weighted by molar-refractivity contribution is 9.09. The van der Waals surface area contributed by atoms with Gasteiger partial charge in [0.25, 0.3) is 0 Å². The van der Waals surface area contributed by atoms with Crippen molar-refractivity contribution in [3.63, 3.8) is 0 Å². The summed E-state index contributed by atoms with van der Waals surface area (Å²) >= 11 is 3.36. The molecule has 0 radical (unpaired) electrons. The van der Waals surface area contributed by atoms with E-state index < -0.39 is 0 Å². The Balaban J connectivity index is 2.70. The van der Waals surface area contributed by atoms with Crippen LogP contribution in [0.3, 0.4) is 0 Å². The van der Waals surface area contributed by atoms with Crippen molar-refractivity contribution < 1.29 is 4.79 Å². The van der Waals surface area contributed by atoms with Gasteiger partial charge >= 0.3 is 0 Å². The number of hydrogen-bond donors (Lipinski definition) is 1. The number of unbranched alkanes of at least 4 members (excludes halogenated alkanes) is 3. The zero-order valence-corrected chi connectivity index (χ0v) is 7.69. The summed E-state index contributed by atoms with van der Waals surface area (Å²) < 4.78 is 0. The third kappa shape index (κ3) is 7.95. The first-order valence-electron chi connectivity index (χ1n) is 3.65. The number of carbonyl (C=O) groups excluding carboxylic acids is 1. The number of hydrogen-bond acceptors (Lipinski definition) is 1. The minimum atomic E-state index is 0.754. The standard InChI is InChI=1S/C7H14BrNO/c8-5-3-1-2-4-6-9-7-10/h7H,1-6H2,(H,9,10). The monoisotopic (exact) mass is 207 g/mol. The van der Waals surface area contributed by atoms with Crippen molar-refractivity contribution in [2.75, 3.05) is 11.9 Å². The molecular formula is C7H14BrNO. The number of rotatable bonds is 7. The van der Waals surface area contributed by atoms with Crippen LogP contribution < -0.4 is 5.32 Å². The molecule has 0 aliphatic heterocycles. The molecule has 0 fully saturated rings. The Kier molecular flexibility index (Phi) is 8.91. The molecule has 3 heteroatoms. The van der Waals surface area contributed by atoms with Crippen molar-refractivity contribution in [2.45, 2.75) is 25.7 Å². The first-order chi connectivity index (χ1) is 4.91. The van der Waals surface area contributed by atoms with E-state index in [2.05, 4.69) is 21.2 Å². The molecule has 60 valence electrons. The lowest BCUT2D eigenvalue weighted by Crippen LogP contribution is -2.11. The summed E-state index contributed by atoms with van der Waals surface area (Å²) in [6.07, 6.45) is 5.57. The van der Waals surface area contributed by atoms with Crippen LogP contribution in [0, 0.1) is 0 Å². The van der Waals surface area contributed by atoms with Gasteiger partial charge in [0.2, 0.25) is 6.41 Å². The van der Waals surface area contributed by atoms with E-state index in [9.17, 15) is 4.79 Å². The molecule has 0 aliphatic carbocycles. The summed E-state index contributed by atoms with van der Waals surface area (Å²) in [4.78, 5) is 9.78. The maximum Gasteiger partial charge on any atom is 0.207 e. The fraction of sp³-hybridized carbons (Fsp3) is 0.857. The van der Waals surface area contributed by atoms with Crippen molar-refractivity contribution in [1.82, 2.24) is 5.32 Å². The molecule has 0 atom stereocenters. The Labute approximate surface area is 70.5 Å². The smallest absolute Gasteiger partial charge is 0.207 e. The summed E-state index contributed by atoms with van der Waals surface area (Å²) in [6, 6.07) is 0. The van der Waals surface area contributed by atoms with Gasteiger partial charge in [-0.25, -0.2) is 0 Å².